The highest BCUT2D eigenvalue weighted by Crippen LogP contribution is 2.58. The van der Waals surface area contributed by atoms with E-state index in [1.807, 2.05) is 6.07 Å². The van der Waals surface area contributed by atoms with Gasteiger partial charge >= 0.3 is 0 Å². The number of fused-ring (bicyclic) bond motifs is 2. The molecule has 0 heterocycles. The van der Waals surface area contributed by atoms with Crippen molar-refractivity contribution in [1.29, 1.82) is 0 Å². The molecule has 1 aromatic rings. The van der Waals surface area contributed by atoms with E-state index in [0.717, 1.165) is 17.9 Å². The Labute approximate surface area is 117 Å². The van der Waals surface area contributed by atoms with Crippen LogP contribution in [0.5, 0.6) is 0 Å². The largest absolute Gasteiger partial charge is 0.205 e. The topological polar surface area (TPSA) is 0 Å². The van der Waals surface area contributed by atoms with Crippen LogP contribution in [0.2, 0.25) is 5.02 Å². The molecule has 3 heteroatoms. The Kier molecular flexibility index (Phi) is 3.32. The molecular weight excluding hydrogens is 270 g/mol. The minimum atomic E-state index is -0.318. The number of rotatable bonds is 3. The van der Waals surface area contributed by atoms with Crippen molar-refractivity contribution in [3.63, 3.8) is 0 Å². The Morgan fingerprint density at radius 1 is 1.33 bits per heavy atom. The van der Waals surface area contributed by atoms with Gasteiger partial charge in [0.2, 0.25) is 0 Å². The second-order valence-corrected chi connectivity index (χ2v) is 6.61. The maximum atomic E-state index is 13.5. The lowest BCUT2D eigenvalue weighted by Crippen LogP contribution is -2.32. The Bertz CT molecular complexity index is 460. The number of hydrogen-bond acceptors (Lipinski definition) is 0. The summed E-state index contributed by atoms with van der Waals surface area (Å²) in [6.45, 7) is 0. The monoisotopic (exact) mass is 286 g/mol. The average molecular weight is 287 g/mol. The van der Waals surface area contributed by atoms with Gasteiger partial charge in [-0.25, -0.2) is 4.39 Å². The van der Waals surface area contributed by atoms with Crippen LogP contribution in [0.1, 0.15) is 31.2 Å². The van der Waals surface area contributed by atoms with Crippen LogP contribution < -0.4 is 0 Å². The molecule has 0 nitrogen and oxygen atoms in total. The molecule has 98 valence electrons. The van der Waals surface area contributed by atoms with Crippen molar-refractivity contribution in [2.24, 2.45) is 17.3 Å². The summed E-state index contributed by atoms with van der Waals surface area (Å²) in [5.74, 6) is 1.89. The highest BCUT2D eigenvalue weighted by molar-refractivity contribution is 6.31. The summed E-state index contributed by atoms with van der Waals surface area (Å²) in [6.07, 6.45) is 5.95. The molecule has 2 fully saturated rings. The van der Waals surface area contributed by atoms with Crippen molar-refractivity contribution < 1.29 is 4.39 Å². The smallest absolute Gasteiger partial charge is 0.142 e. The summed E-state index contributed by atoms with van der Waals surface area (Å²) in [7, 11) is 0. The van der Waals surface area contributed by atoms with Gasteiger partial charge in [-0.1, -0.05) is 30.2 Å². The zero-order chi connectivity index (χ0) is 12.8. The molecule has 2 aliphatic rings. The van der Waals surface area contributed by atoms with Gasteiger partial charge < -0.3 is 0 Å². The van der Waals surface area contributed by atoms with Crippen LogP contribution in [0.4, 0.5) is 4.39 Å². The van der Waals surface area contributed by atoms with E-state index in [2.05, 4.69) is 0 Å². The van der Waals surface area contributed by atoms with Gasteiger partial charge in [-0.2, -0.15) is 0 Å². The van der Waals surface area contributed by atoms with Gasteiger partial charge in [0.25, 0.3) is 0 Å². The first-order chi connectivity index (χ1) is 8.64. The number of alkyl halides is 1. The van der Waals surface area contributed by atoms with E-state index >= 15 is 0 Å². The molecule has 0 amide bonds. The van der Waals surface area contributed by atoms with E-state index in [-0.39, 0.29) is 16.3 Å². The number of benzene rings is 1. The average Bonchev–Trinajstić information content (AvgIpc) is 2.96. The third-order valence-electron chi connectivity index (χ3n) is 4.94. The summed E-state index contributed by atoms with van der Waals surface area (Å²) in [4.78, 5) is 0. The summed E-state index contributed by atoms with van der Waals surface area (Å²) in [5.41, 5.74) is 1.08. The molecule has 0 spiro atoms. The predicted octanol–water partition coefficient (Wildman–Crippen LogP) is 5.07. The van der Waals surface area contributed by atoms with Crippen molar-refractivity contribution in [2.75, 3.05) is 5.88 Å². The van der Waals surface area contributed by atoms with Crippen LogP contribution in [0.25, 0.3) is 0 Å². The van der Waals surface area contributed by atoms with Crippen LogP contribution in [0.3, 0.4) is 0 Å². The zero-order valence-corrected chi connectivity index (χ0v) is 11.8. The molecule has 0 N–H and O–H groups in total. The Balaban J connectivity index is 1.88. The summed E-state index contributed by atoms with van der Waals surface area (Å²) in [5, 5.41) is 0.282. The molecule has 0 aromatic heterocycles. The highest BCUT2D eigenvalue weighted by Gasteiger charge is 2.50. The molecule has 0 saturated heterocycles. The van der Waals surface area contributed by atoms with Gasteiger partial charge in [0.15, 0.2) is 0 Å². The highest BCUT2D eigenvalue weighted by atomic mass is 35.5. The van der Waals surface area contributed by atoms with Gasteiger partial charge in [-0.3, -0.25) is 0 Å². The molecular formula is C15H17Cl2F. The van der Waals surface area contributed by atoms with Crippen molar-refractivity contribution in [2.45, 2.75) is 32.1 Å². The minimum Gasteiger partial charge on any atom is -0.205 e. The van der Waals surface area contributed by atoms with Crippen LogP contribution in [-0.2, 0) is 6.42 Å². The van der Waals surface area contributed by atoms with E-state index in [0.29, 0.717) is 11.8 Å². The van der Waals surface area contributed by atoms with E-state index in [1.165, 1.54) is 31.7 Å². The SMILES string of the molecule is Fc1cccc(CC2(CCl)CC3CCC2C3)c1Cl. The van der Waals surface area contributed by atoms with Gasteiger partial charge in [0.05, 0.1) is 5.02 Å². The van der Waals surface area contributed by atoms with Gasteiger partial charge in [0, 0.05) is 5.88 Å². The first-order valence-corrected chi connectivity index (χ1v) is 7.55. The molecule has 2 bridgehead atoms. The zero-order valence-electron chi connectivity index (χ0n) is 10.3. The van der Waals surface area contributed by atoms with Crippen LogP contribution in [0, 0.1) is 23.1 Å². The Hall–Kier alpha value is -0.270. The predicted molar refractivity (Wildman–Crippen MR) is 73.7 cm³/mol. The van der Waals surface area contributed by atoms with E-state index in [9.17, 15) is 4.39 Å². The fourth-order valence-electron chi connectivity index (χ4n) is 4.05. The summed E-state index contributed by atoms with van der Waals surface area (Å²) < 4.78 is 13.5. The first kappa shape index (κ1) is 12.7. The number of halogens is 3. The second kappa shape index (κ2) is 4.68. The number of hydrogen-bond donors (Lipinski definition) is 0. The lowest BCUT2D eigenvalue weighted by Gasteiger charge is -2.36. The maximum absolute atomic E-state index is 13.5. The first-order valence-electron chi connectivity index (χ1n) is 6.63. The van der Waals surface area contributed by atoms with Crippen molar-refractivity contribution in [3.05, 3.63) is 34.6 Å². The third kappa shape index (κ3) is 1.96. The second-order valence-electron chi connectivity index (χ2n) is 5.97. The van der Waals surface area contributed by atoms with Crippen molar-refractivity contribution in [1.82, 2.24) is 0 Å². The molecule has 3 rings (SSSR count). The van der Waals surface area contributed by atoms with Gasteiger partial charge in [-0.05, 0) is 54.6 Å². The Morgan fingerprint density at radius 3 is 2.78 bits per heavy atom. The molecule has 3 atom stereocenters. The normalized spacial score (nSPS) is 34.2. The van der Waals surface area contributed by atoms with Crippen molar-refractivity contribution in [3.8, 4) is 0 Å². The van der Waals surface area contributed by atoms with Crippen LogP contribution in [0.15, 0.2) is 18.2 Å². The van der Waals surface area contributed by atoms with E-state index in [4.69, 9.17) is 23.2 Å². The molecule has 1 aromatic carbocycles. The van der Waals surface area contributed by atoms with Crippen LogP contribution >= 0.6 is 23.2 Å². The Morgan fingerprint density at radius 2 is 2.17 bits per heavy atom. The van der Waals surface area contributed by atoms with Crippen molar-refractivity contribution >= 4 is 23.2 Å². The molecule has 18 heavy (non-hydrogen) atoms. The standard InChI is InChI=1S/C15H17Cl2F/c16-9-15(7-10-4-5-12(15)6-10)8-11-2-1-3-13(18)14(11)17/h1-3,10,12H,4-9H2. The quantitative estimate of drug-likeness (QED) is 0.681. The summed E-state index contributed by atoms with van der Waals surface area (Å²) in [6, 6.07) is 5.09. The lowest BCUT2D eigenvalue weighted by atomic mass is 9.71. The maximum Gasteiger partial charge on any atom is 0.142 e. The van der Waals surface area contributed by atoms with E-state index in [1.54, 1.807) is 6.07 Å². The fraction of sp³-hybridized carbons (Fsp3) is 0.600. The molecule has 2 saturated carbocycles. The third-order valence-corrected chi connectivity index (χ3v) is 5.90. The van der Waals surface area contributed by atoms with E-state index < -0.39 is 0 Å². The van der Waals surface area contributed by atoms with Gasteiger partial charge in [0.1, 0.15) is 5.82 Å². The lowest BCUT2D eigenvalue weighted by molar-refractivity contribution is 0.193. The molecule has 3 unspecified atom stereocenters. The minimum absolute atomic E-state index is 0.155. The molecule has 2 aliphatic carbocycles. The van der Waals surface area contributed by atoms with Crippen LogP contribution in [-0.4, -0.2) is 5.88 Å². The summed E-state index contributed by atoms with van der Waals surface area (Å²) >= 11 is 12.3. The molecule has 0 radical (unpaired) electrons. The van der Waals surface area contributed by atoms with Gasteiger partial charge in [-0.15, -0.1) is 11.6 Å². The fourth-order valence-corrected chi connectivity index (χ4v) is 4.66. The molecule has 0 aliphatic heterocycles.